The molecular weight excluding hydrogens is 403 g/mol. The van der Waals surface area contributed by atoms with Crippen LogP contribution in [0.2, 0.25) is 0 Å². The number of halogens is 1. The van der Waals surface area contributed by atoms with E-state index in [0.29, 0.717) is 37.7 Å². The van der Waals surface area contributed by atoms with Crippen LogP contribution in [0, 0.1) is 5.82 Å². The maximum Gasteiger partial charge on any atom is 0.340 e. The van der Waals surface area contributed by atoms with Crippen LogP contribution >= 0.6 is 0 Å². The summed E-state index contributed by atoms with van der Waals surface area (Å²) in [6.45, 7) is 2.09. The molecule has 1 aliphatic heterocycles. The number of carbonyl (C=O) groups is 1. The van der Waals surface area contributed by atoms with Gasteiger partial charge in [0.05, 0.1) is 29.4 Å². The number of hydrogen-bond acceptors (Lipinski definition) is 7. The fourth-order valence-corrected chi connectivity index (χ4v) is 3.38. The fourth-order valence-electron chi connectivity index (χ4n) is 2.84. The van der Waals surface area contributed by atoms with Gasteiger partial charge >= 0.3 is 5.97 Å². The number of ether oxygens (including phenoxy) is 3. The van der Waals surface area contributed by atoms with E-state index in [1.807, 2.05) is 4.90 Å². The highest BCUT2D eigenvalue weighted by Crippen LogP contribution is 2.25. The molecule has 2 aromatic rings. The number of hydrogen-bond donors (Lipinski definition) is 1. The zero-order valence-corrected chi connectivity index (χ0v) is 16.4. The van der Waals surface area contributed by atoms with E-state index in [1.165, 1.54) is 42.5 Å². The minimum atomic E-state index is -3.98. The molecule has 1 fully saturated rings. The van der Waals surface area contributed by atoms with Gasteiger partial charge in [0.1, 0.15) is 24.8 Å². The van der Waals surface area contributed by atoms with E-state index in [2.05, 4.69) is 0 Å². The third kappa shape index (κ3) is 5.66. The summed E-state index contributed by atoms with van der Waals surface area (Å²) in [6.07, 6.45) is 0. The van der Waals surface area contributed by atoms with Crippen LogP contribution in [0.15, 0.2) is 47.4 Å². The van der Waals surface area contributed by atoms with Gasteiger partial charge < -0.3 is 19.1 Å². The van der Waals surface area contributed by atoms with Crippen molar-refractivity contribution in [2.75, 3.05) is 44.4 Å². The van der Waals surface area contributed by atoms with Crippen LogP contribution in [-0.2, 0) is 19.5 Å². The molecule has 0 aliphatic carbocycles. The molecule has 1 saturated heterocycles. The Hall–Kier alpha value is -2.69. The van der Waals surface area contributed by atoms with Gasteiger partial charge in [0.2, 0.25) is 10.0 Å². The molecule has 0 radical (unpaired) electrons. The van der Waals surface area contributed by atoms with Crippen molar-refractivity contribution >= 4 is 21.7 Å². The summed E-state index contributed by atoms with van der Waals surface area (Å²) in [5, 5.41) is 5.19. The van der Waals surface area contributed by atoms with E-state index in [9.17, 15) is 17.6 Å². The average molecular weight is 424 g/mol. The van der Waals surface area contributed by atoms with Crippen molar-refractivity contribution in [3.8, 4) is 5.75 Å². The number of rotatable bonds is 7. The van der Waals surface area contributed by atoms with Gasteiger partial charge in [-0.05, 0) is 42.5 Å². The third-order valence-electron chi connectivity index (χ3n) is 4.27. The first-order valence-electron chi connectivity index (χ1n) is 8.89. The Bertz CT molecular complexity index is 959. The molecule has 0 bridgehead atoms. The number of carbonyl (C=O) groups excluding carboxylic acids is 1. The van der Waals surface area contributed by atoms with Crippen molar-refractivity contribution in [1.29, 1.82) is 0 Å². The number of benzene rings is 2. The molecule has 2 N–H and O–H groups in total. The van der Waals surface area contributed by atoms with Crippen molar-refractivity contribution in [2.24, 2.45) is 5.14 Å². The second-order valence-electron chi connectivity index (χ2n) is 6.26. The molecule has 29 heavy (non-hydrogen) atoms. The second kappa shape index (κ2) is 9.21. The maximum absolute atomic E-state index is 12.9. The van der Waals surface area contributed by atoms with E-state index >= 15 is 0 Å². The van der Waals surface area contributed by atoms with Crippen molar-refractivity contribution in [3.05, 3.63) is 53.8 Å². The van der Waals surface area contributed by atoms with Crippen LogP contribution in [0.25, 0.3) is 0 Å². The summed E-state index contributed by atoms with van der Waals surface area (Å²) in [5.41, 5.74) is 0.644. The van der Waals surface area contributed by atoms with Crippen LogP contribution in [0.5, 0.6) is 5.75 Å². The first kappa shape index (κ1) is 21.0. The number of primary sulfonamides is 1. The van der Waals surface area contributed by atoms with Gasteiger partial charge in [0.15, 0.2) is 0 Å². The average Bonchev–Trinajstić information content (AvgIpc) is 2.72. The second-order valence-corrected chi connectivity index (χ2v) is 7.82. The maximum atomic E-state index is 12.9. The molecule has 156 valence electrons. The van der Waals surface area contributed by atoms with Crippen molar-refractivity contribution < 1.29 is 31.8 Å². The zero-order valence-electron chi connectivity index (χ0n) is 15.5. The molecule has 0 spiro atoms. The van der Waals surface area contributed by atoms with E-state index in [-0.39, 0.29) is 29.5 Å². The number of sulfonamides is 1. The Morgan fingerprint density at radius 2 is 1.79 bits per heavy atom. The standard InChI is InChI=1S/C19H21FN2O6S/c20-14-1-3-15(4-2-14)27-11-12-28-19(23)17-13-16(29(21,24)25)5-6-18(17)22-7-9-26-10-8-22/h1-6,13H,7-12H2,(H2,21,24,25). The van der Waals surface area contributed by atoms with Crippen LogP contribution in [0.3, 0.4) is 0 Å². The Morgan fingerprint density at radius 1 is 1.10 bits per heavy atom. The van der Waals surface area contributed by atoms with Crippen molar-refractivity contribution in [2.45, 2.75) is 4.90 Å². The summed E-state index contributed by atoms with van der Waals surface area (Å²) < 4.78 is 52.2. The summed E-state index contributed by atoms with van der Waals surface area (Å²) in [7, 11) is -3.98. The molecule has 0 saturated carbocycles. The Morgan fingerprint density at radius 3 is 2.45 bits per heavy atom. The SMILES string of the molecule is NS(=O)(=O)c1ccc(N2CCOCC2)c(C(=O)OCCOc2ccc(F)cc2)c1. The lowest BCUT2D eigenvalue weighted by Crippen LogP contribution is -2.37. The Balaban J connectivity index is 1.70. The molecule has 10 heteroatoms. The molecule has 8 nitrogen and oxygen atoms in total. The molecule has 0 atom stereocenters. The van der Waals surface area contributed by atoms with Gasteiger partial charge in [0.25, 0.3) is 0 Å². The lowest BCUT2D eigenvalue weighted by atomic mass is 10.1. The quantitative estimate of drug-likeness (QED) is 0.531. The monoisotopic (exact) mass is 424 g/mol. The topological polar surface area (TPSA) is 108 Å². The molecule has 1 aliphatic rings. The highest BCUT2D eigenvalue weighted by atomic mass is 32.2. The van der Waals surface area contributed by atoms with Crippen LogP contribution < -0.4 is 14.8 Å². The lowest BCUT2D eigenvalue weighted by molar-refractivity contribution is 0.0450. The highest BCUT2D eigenvalue weighted by molar-refractivity contribution is 7.89. The summed E-state index contributed by atoms with van der Waals surface area (Å²) in [5.74, 6) is -0.637. The molecule has 2 aromatic carbocycles. The number of nitrogens with two attached hydrogens (primary N) is 1. The number of anilines is 1. The van der Waals surface area contributed by atoms with Crippen LogP contribution in [-0.4, -0.2) is 53.9 Å². The first-order chi connectivity index (χ1) is 13.8. The first-order valence-corrected chi connectivity index (χ1v) is 10.4. The number of nitrogens with zero attached hydrogens (tertiary/aromatic N) is 1. The predicted octanol–water partition coefficient (Wildman–Crippen LogP) is 1.55. The summed E-state index contributed by atoms with van der Waals surface area (Å²) in [6, 6.07) is 9.55. The number of morpholine rings is 1. The Kier molecular flexibility index (Phi) is 6.68. The normalized spacial score (nSPS) is 14.5. The largest absolute Gasteiger partial charge is 0.490 e. The fraction of sp³-hybridized carbons (Fsp3) is 0.316. The molecule has 0 amide bonds. The van der Waals surface area contributed by atoms with Crippen LogP contribution in [0.4, 0.5) is 10.1 Å². The zero-order chi connectivity index (χ0) is 20.9. The predicted molar refractivity (Wildman–Crippen MR) is 103 cm³/mol. The van der Waals surface area contributed by atoms with Gasteiger partial charge in [-0.25, -0.2) is 22.7 Å². The van der Waals surface area contributed by atoms with Gasteiger partial charge in [-0.15, -0.1) is 0 Å². The van der Waals surface area contributed by atoms with E-state index in [1.54, 1.807) is 0 Å². The third-order valence-corrected chi connectivity index (χ3v) is 5.18. The molecule has 0 aromatic heterocycles. The van der Waals surface area contributed by atoms with E-state index in [0.717, 1.165) is 0 Å². The van der Waals surface area contributed by atoms with E-state index in [4.69, 9.17) is 19.3 Å². The highest BCUT2D eigenvalue weighted by Gasteiger charge is 2.22. The minimum absolute atomic E-state index is 0.0547. The smallest absolute Gasteiger partial charge is 0.340 e. The van der Waals surface area contributed by atoms with Crippen LogP contribution in [0.1, 0.15) is 10.4 Å². The minimum Gasteiger partial charge on any atom is -0.490 e. The van der Waals surface area contributed by atoms with Gasteiger partial charge in [-0.2, -0.15) is 0 Å². The van der Waals surface area contributed by atoms with Gasteiger partial charge in [-0.1, -0.05) is 0 Å². The molecule has 1 heterocycles. The van der Waals surface area contributed by atoms with Gasteiger partial charge in [0, 0.05) is 13.1 Å². The number of esters is 1. The van der Waals surface area contributed by atoms with Crippen molar-refractivity contribution in [3.63, 3.8) is 0 Å². The summed E-state index contributed by atoms with van der Waals surface area (Å²) in [4.78, 5) is 14.4. The van der Waals surface area contributed by atoms with E-state index < -0.39 is 16.0 Å². The Labute approximate surface area is 168 Å². The molecule has 0 unspecified atom stereocenters. The molecule has 3 rings (SSSR count). The summed E-state index contributed by atoms with van der Waals surface area (Å²) >= 11 is 0. The lowest BCUT2D eigenvalue weighted by Gasteiger charge is -2.30. The molecular formula is C19H21FN2O6S. The van der Waals surface area contributed by atoms with Crippen molar-refractivity contribution in [1.82, 2.24) is 0 Å². The van der Waals surface area contributed by atoms with Gasteiger partial charge in [-0.3, -0.25) is 0 Å².